The first-order valence-corrected chi connectivity index (χ1v) is 6.57. The number of halogens is 2. The van der Waals surface area contributed by atoms with Crippen molar-refractivity contribution in [1.29, 1.82) is 0 Å². The van der Waals surface area contributed by atoms with Crippen LogP contribution in [0.4, 0.5) is 14.6 Å². The zero-order chi connectivity index (χ0) is 14.3. The Morgan fingerprint density at radius 3 is 2.90 bits per heavy atom. The number of aromatic nitrogens is 2. The van der Waals surface area contributed by atoms with Crippen molar-refractivity contribution in [3.63, 3.8) is 0 Å². The quantitative estimate of drug-likeness (QED) is 0.582. The van der Waals surface area contributed by atoms with E-state index in [4.69, 9.17) is 5.73 Å². The van der Waals surface area contributed by atoms with Crippen molar-refractivity contribution < 1.29 is 8.87 Å². The van der Waals surface area contributed by atoms with Gasteiger partial charge in [-0.15, -0.1) is 21.3 Å². The van der Waals surface area contributed by atoms with Crippen LogP contribution in [0.25, 0.3) is 20.7 Å². The lowest BCUT2D eigenvalue weighted by atomic mass is 10.1. The van der Waals surface area contributed by atoms with Gasteiger partial charge in [0.15, 0.2) is 0 Å². The van der Waals surface area contributed by atoms with Crippen LogP contribution in [0.2, 0.25) is 0 Å². The number of nitrogens with zero attached hydrogens (tertiary/aromatic N) is 3. The van der Waals surface area contributed by atoms with Crippen molar-refractivity contribution in [2.45, 2.75) is 0 Å². The molecule has 102 valence electrons. The fourth-order valence-electron chi connectivity index (χ4n) is 1.97. The summed E-state index contributed by atoms with van der Waals surface area (Å²) in [5.74, 6) is -0.501. The molecule has 0 unspecified atom stereocenters. The van der Waals surface area contributed by atoms with Crippen molar-refractivity contribution in [1.82, 2.24) is 10.0 Å². The summed E-state index contributed by atoms with van der Waals surface area (Å²) >= 11 is 1.29. The summed E-state index contributed by atoms with van der Waals surface area (Å²) in [5.41, 5.74) is 6.91. The smallest absolute Gasteiger partial charge is 0.148 e. The van der Waals surface area contributed by atoms with Gasteiger partial charge in [-0.05, 0) is 23.8 Å². The van der Waals surface area contributed by atoms with Crippen LogP contribution in [0.5, 0.6) is 0 Å². The lowest BCUT2D eigenvalue weighted by Gasteiger charge is -2.05. The summed E-state index contributed by atoms with van der Waals surface area (Å²) in [5, 5.41) is 4.36. The molecule has 0 aliphatic carbocycles. The summed E-state index contributed by atoms with van der Waals surface area (Å²) in [6.07, 6.45) is 2.78. The fraction of sp³-hybridized carbons (Fsp3) is 0.0769. The minimum atomic E-state index is -0.501. The standard InChI is InChI=1S/C13H10F2N4S/c1-17-5-8-2-7(3-10(14)12(8)16)11-4-9-6-19(15)18-13(9)20-11/h2-6H,16H2,1H3. The Kier molecular flexibility index (Phi) is 2.98. The molecule has 0 aliphatic heterocycles. The topological polar surface area (TPSA) is 56.2 Å². The highest BCUT2D eigenvalue weighted by molar-refractivity contribution is 7.21. The van der Waals surface area contributed by atoms with Gasteiger partial charge in [-0.2, -0.15) is 0 Å². The third-order valence-electron chi connectivity index (χ3n) is 2.89. The van der Waals surface area contributed by atoms with Gasteiger partial charge in [-0.1, -0.05) is 4.48 Å². The molecule has 0 saturated carbocycles. The second-order valence-corrected chi connectivity index (χ2v) is 5.27. The molecular formula is C13H10F2N4S. The molecule has 2 aromatic heterocycles. The van der Waals surface area contributed by atoms with Gasteiger partial charge in [0.1, 0.15) is 10.6 Å². The maximum Gasteiger partial charge on any atom is 0.148 e. The number of benzene rings is 1. The van der Waals surface area contributed by atoms with E-state index in [-0.39, 0.29) is 10.6 Å². The molecule has 0 radical (unpaired) electrons. The van der Waals surface area contributed by atoms with Crippen LogP contribution in [-0.4, -0.2) is 23.3 Å². The summed E-state index contributed by atoms with van der Waals surface area (Å²) in [4.78, 5) is 5.48. The molecule has 0 fully saturated rings. The van der Waals surface area contributed by atoms with E-state index in [1.807, 2.05) is 0 Å². The first-order valence-electron chi connectivity index (χ1n) is 5.75. The molecule has 0 saturated heterocycles. The lowest BCUT2D eigenvalue weighted by Crippen LogP contribution is -1.98. The number of hydrogen-bond donors (Lipinski definition) is 1. The zero-order valence-electron chi connectivity index (χ0n) is 10.5. The van der Waals surface area contributed by atoms with Crippen LogP contribution >= 0.6 is 11.3 Å². The molecule has 0 spiro atoms. The van der Waals surface area contributed by atoms with Gasteiger partial charge in [0, 0.05) is 29.1 Å². The molecule has 1 aromatic carbocycles. The van der Waals surface area contributed by atoms with Crippen LogP contribution < -0.4 is 5.73 Å². The average Bonchev–Trinajstić information content (AvgIpc) is 2.92. The zero-order valence-corrected chi connectivity index (χ0v) is 11.3. The van der Waals surface area contributed by atoms with E-state index < -0.39 is 5.82 Å². The minimum Gasteiger partial charge on any atom is -0.396 e. The van der Waals surface area contributed by atoms with Crippen LogP contribution in [0.3, 0.4) is 0 Å². The molecule has 4 nitrogen and oxygen atoms in total. The molecule has 0 aliphatic rings. The molecule has 2 heterocycles. The second-order valence-electron chi connectivity index (χ2n) is 4.24. The summed E-state index contributed by atoms with van der Waals surface area (Å²) in [6, 6.07) is 4.87. The first-order chi connectivity index (χ1) is 9.58. The largest absolute Gasteiger partial charge is 0.396 e. The van der Waals surface area contributed by atoms with Gasteiger partial charge in [0.2, 0.25) is 0 Å². The van der Waals surface area contributed by atoms with E-state index in [2.05, 4.69) is 10.1 Å². The summed E-state index contributed by atoms with van der Waals surface area (Å²) < 4.78 is 26.7. The van der Waals surface area contributed by atoms with Crippen molar-refractivity contribution in [3.05, 3.63) is 35.8 Å². The number of fused-ring (bicyclic) bond motifs is 1. The molecule has 0 atom stereocenters. The van der Waals surface area contributed by atoms with Gasteiger partial charge in [0.25, 0.3) is 0 Å². The van der Waals surface area contributed by atoms with Crippen molar-refractivity contribution in [2.24, 2.45) is 4.99 Å². The Bertz CT molecular complexity index is 788. The Balaban J connectivity index is 2.15. The monoisotopic (exact) mass is 292 g/mol. The highest BCUT2D eigenvalue weighted by Crippen LogP contribution is 2.34. The average molecular weight is 292 g/mol. The molecule has 3 aromatic rings. The highest BCUT2D eigenvalue weighted by Gasteiger charge is 2.12. The summed E-state index contributed by atoms with van der Waals surface area (Å²) in [7, 11) is 1.59. The predicted molar refractivity (Wildman–Crippen MR) is 77.4 cm³/mol. The molecule has 0 amide bonds. The number of rotatable bonds is 2. The van der Waals surface area contributed by atoms with E-state index in [1.54, 1.807) is 19.2 Å². The normalized spacial score (nSPS) is 11.8. The maximum atomic E-state index is 13.8. The van der Waals surface area contributed by atoms with Gasteiger partial charge < -0.3 is 5.73 Å². The van der Waals surface area contributed by atoms with E-state index >= 15 is 0 Å². The third kappa shape index (κ3) is 2.05. The van der Waals surface area contributed by atoms with E-state index in [0.29, 0.717) is 21.3 Å². The number of aliphatic imine (C=N–C) groups is 1. The summed E-state index contributed by atoms with van der Waals surface area (Å²) in [6.45, 7) is 0. The lowest BCUT2D eigenvalue weighted by molar-refractivity contribution is 0.320. The molecule has 2 N–H and O–H groups in total. The van der Waals surface area contributed by atoms with E-state index in [1.165, 1.54) is 29.8 Å². The number of nitrogens with two attached hydrogens (primary N) is 1. The number of thiophene rings is 1. The third-order valence-corrected chi connectivity index (χ3v) is 3.97. The fourth-order valence-corrected chi connectivity index (χ4v) is 2.94. The second kappa shape index (κ2) is 4.68. The van der Waals surface area contributed by atoms with E-state index in [9.17, 15) is 8.87 Å². The van der Waals surface area contributed by atoms with Gasteiger partial charge in [-0.3, -0.25) is 4.99 Å². The van der Waals surface area contributed by atoms with Gasteiger partial charge >= 0.3 is 0 Å². The molecule has 3 rings (SSSR count). The maximum absolute atomic E-state index is 13.8. The van der Waals surface area contributed by atoms with Crippen LogP contribution in [0.15, 0.2) is 29.4 Å². The SMILES string of the molecule is CN=Cc1cc(-c2cc3cn(F)nc3s2)cc(F)c1N. The van der Waals surface area contributed by atoms with E-state index in [0.717, 1.165) is 4.88 Å². The van der Waals surface area contributed by atoms with Crippen molar-refractivity contribution in [3.8, 4) is 10.4 Å². The van der Waals surface area contributed by atoms with Crippen molar-refractivity contribution >= 4 is 33.5 Å². The highest BCUT2D eigenvalue weighted by atomic mass is 32.1. The van der Waals surface area contributed by atoms with Gasteiger partial charge in [0.05, 0.1) is 11.9 Å². The molecule has 20 heavy (non-hydrogen) atoms. The minimum absolute atomic E-state index is 0.0645. The molecule has 7 heteroatoms. The Labute approximate surface area is 117 Å². The Morgan fingerprint density at radius 1 is 1.40 bits per heavy atom. The first kappa shape index (κ1) is 12.7. The predicted octanol–water partition coefficient (Wildman–Crippen LogP) is 3.27. The van der Waals surface area contributed by atoms with Crippen LogP contribution in [-0.2, 0) is 0 Å². The van der Waals surface area contributed by atoms with Crippen LogP contribution in [0, 0.1) is 5.82 Å². The van der Waals surface area contributed by atoms with Gasteiger partial charge in [-0.25, -0.2) is 4.39 Å². The Morgan fingerprint density at radius 2 is 2.20 bits per heavy atom. The van der Waals surface area contributed by atoms with Crippen molar-refractivity contribution in [2.75, 3.05) is 12.8 Å². The Hall–Kier alpha value is -2.28. The number of nitrogen functional groups attached to an aromatic ring is 1. The number of anilines is 1. The van der Waals surface area contributed by atoms with Crippen LogP contribution in [0.1, 0.15) is 5.56 Å². The molecule has 0 bridgehead atoms. The molecular weight excluding hydrogens is 282 g/mol. The number of hydrogen-bond acceptors (Lipinski definition) is 4.